The van der Waals surface area contributed by atoms with E-state index < -0.39 is 0 Å². The number of benzene rings is 3. The molecule has 3 aromatic carbocycles. The molecule has 1 aliphatic rings. The Kier molecular flexibility index (Phi) is 4.06. The summed E-state index contributed by atoms with van der Waals surface area (Å²) in [5, 5.41) is 4.56. The van der Waals surface area contributed by atoms with E-state index in [0.29, 0.717) is 0 Å². The van der Waals surface area contributed by atoms with Crippen molar-refractivity contribution in [2.75, 3.05) is 16.8 Å². The Balaban J connectivity index is 1.68. The predicted molar refractivity (Wildman–Crippen MR) is 119 cm³/mol. The summed E-state index contributed by atoms with van der Waals surface area (Å²) in [7, 11) is 0. The topological polar surface area (TPSA) is 28.2 Å². The van der Waals surface area contributed by atoms with E-state index in [2.05, 4.69) is 101 Å². The molecule has 0 amide bonds. The average Bonchev–Trinajstić information content (AvgIpc) is 2.75. The zero-order chi connectivity index (χ0) is 18.9. The van der Waals surface area contributed by atoms with Gasteiger partial charge in [0.1, 0.15) is 0 Å². The molecule has 3 nitrogen and oxygen atoms in total. The molecule has 4 aromatic rings. The van der Waals surface area contributed by atoms with Crippen molar-refractivity contribution in [3.63, 3.8) is 0 Å². The van der Waals surface area contributed by atoms with Gasteiger partial charge >= 0.3 is 0 Å². The van der Waals surface area contributed by atoms with Gasteiger partial charge in [-0.3, -0.25) is 4.98 Å². The summed E-state index contributed by atoms with van der Waals surface area (Å²) in [6.45, 7) is 3.00. The molecule has 0 saturated heterocycles. The van der Waals surface area contributed by atoms with Gasteiger partial charge in [-0.25, -0.2) is 0 Å². The normalized spacial score (nSPS) is 12.5. The number of nitrogens with zero attached hydrogens (tertiary/aromatic N) is 2. The number of anilines is 4. The number of nitrogens with one attached hydrogen (secondary N) is 1. The average molecular weight is 363 g/mol. The van der Waals surface area contributed by atoms with Crippen molar-refractivity contribution < 1.29 is 0 Å². The Labute approximate surface area is 165 Å². The maximum atomic E-state index is 4.46. The number of aromatic nitrogens is 1. The number of hydrogen-bond acceptors (Lipinski definition) is 3. The molecule has 0 saturated carbocycles. The number of hydrogen-bond donors (Lipinski definition) is 1. The van der Waals surface area contributed by atoms with Crippen LogP contribution in [0.15, 0.2) is 85.1 Å². The smallest absolute Gasteiger partial charge is 0.0703 e. The highest BCUT2D eigenvalue weighted by molar-refractivity contribution is 5.88. The van der Waals surface area contributed by atoms with Crippen LogP contribution in [0.4, 0.5) is 22.7 Å². The number of fused-ring (bicyclic) bond motifs is 2. The summed E-state index contributed by atoms with van der Waals surface area (Å²) in [6, 6.07) is 25.8. The Morgan fingerprint density at radius 3 is 2.54 bits per heavy atom. The van der Waals surface area contributed by atoms with Crippen molar-refractivity contribution in [2.24, 2.45) is 0 Å². The summed E-state index contributed by atoms with van der Waals surface area (Å²) in [4.78, 5) is 6.76. The van der Waals surface area contributed by atoms with Gasteiger partial charge in [-0.05, 0) is 67.1 Å². The Morgan fingerprint density at radius 1 is 0.857 bits per heavy atom. The molecular formula is C25H21N3. The molecular weight excluding hydrogens is 342 g/mol. The third-order valence-corrected chi connectivity index (χ3v) is 5.14. The lowest BCUT2D eigenvalue weighted by molar-refractivity contribution is 1.26. The van der Waals surface area contributed by atoms with Gasteiger partial charge in [0.2, 0.25) is 0 Å². The molecule has 0 bridgehead atoms. The number of aryl methyl sites for hydroxylation is 1. The highest BCUT2D eigenvalue weighted by Gasteiger charge is 2.15. The van der Waals surface area contributed by atoms with Crippen LogP contribution in [-0.4, -0.2) is 11.5 Å². The van der Waals surface area contributed by atoms with Crippen molar-refractivity contribution in [3.8, 4) is 0 Å². The highest BCUT2D eigenvalue weighted by atomic mass is 15.1. The second-order valence-electron chi connectivity index (χ2n) is 7.11. The van der Waals surface area contributed by atoms with E-state index in [9.17, 15) is 0 Å². The minimum Gasteiger partial charge on any atom is -0.381 e. The van der Waals surface area contributed by atoms with Gasteiger partial charge < -0.3 is 10.2 Å². The molecule has 1 N–H and O–H groups in total. The molecule has 0 spiro atoms. The van der Waals surface area contributed by atoms with Crippen LogP contribution in [0.5, 0.6) is 0 Å². The van der Waals surface area contributed by atoms with Gasteiger partial charge in [0, 0.05) is 40.9 Å². The summed E-state index contributed by atoms with van der Waals surface area (Å²) in [5.41, 5.74) is 8.05. The van der Waals surface area contributed by atoms with Gasteiger partial charge in [0.15, 0.2) is 0 Å². The molecule has 0 aliphatic carbocycles. The second-order valence-corrected chi connectivity index (χ2v) is 7.11. The lowest BCUT2D eigenvalue weighted by atomic mass is 10.1. The summed E-state index contributed by atoms with van der Waals surface area (Å²) < 4.78 is 0. The molecule has 0 fully saturated rings. The largest absolute Gasteiger partial charge is 0.381 e. The molecule has 3 heteroatoms. The van der Waals surface area contributed by atoms with Gasteiger partial charge in [-0.1, -0.05) is 35.9 Å². The molecule has 2 heterocycles. The Hall–Kier alpha value is -3.59. The predicted octanol–water partition coefficient (Wildman–Crippen LogP) is 6.45. The van der Waals surface area contributed by atoms with Crippen LogP contribution in [0, 0.1) is 6.92 Å². The van der Waals surface area contributed by atoms with Crippen LogP contribution in [0.3, 0.4) is 0 Å². The maximum Gasteiger partial charge on any atom is 0.0703 e. The number of rotatable bonds is 3. The fraction of sp³-hybridized carbons (Fsp3) is 0.0800. The van der Waals surface area contributed by atoms with Gasteiger partial charge in [0.05, 0.1) is 5.52 Å². The van der Waals surface area contributed by atoms with Gasteiger partial charge in [0.25, 0.3) is 0 Å². The van der Waals surface area contributed by atoms with Crippen molar-refractivity contribution in [1.82, 2.24) is 4.98 Å². The minimum absolute atomic E-state index is 0.881. The monoisotopic (exact) mass is 363 g/mol. The molecule has 0 atom stereocenters. The first-order valence-electron chi connectivity index (χ1n) is 9.54. The maximum absolute atomic E-state index is 4.46. The Bertz CT molecular complexity index is 1180. The van der Waals surface area contributed by atoms with Crippen LogP contribution in [0.2, 0.25) is 0 Å². The first-order valence-corrected chi connectivity index (χ1v) is 9.54. The standard InChI is InChI=1S/C25H21N3/c1-18-6-8-21(9-7-18)28(22-10-12-24-19(16-22)4-2-14-26-24)23-11-13-25-20(17-23)5-3-15-27-25/h2-14,16-17,27H,15H2,1H3. The zero-order valence-corrected chi connectivity index (χ0v) is 15.8. The molecule has 1 aromatic heterocycles. The van der Waals surface area contributed by atoms with Crippen LogP contribution in [0.25, 0.3) is 17.0 Å². The van der Waals surface area contributed by atoms with E-state index in [1.54, 1.807) is 0 Å². The van der Waals surface area contributed by atoms with Gasteiger partial charge in [-0.15, -0.1) is 0 Å². The highest BCUT2D eigenvalue weighted by Crippen LogP contribution is 2.38. The third kappa shape index (κ3) is 3.01. The van der Waals surface area contributed by atoms with E-state index >= 15 is 0 Å². The quantitative estimate of drug-likeness (QED) is 0.453. The van der Waals surface area contributed by atoms with Crippen LogP contribution < -0.4 is 10.2 Å². The fourth-order valence-electron chi connectivity index (χ4n) is 3.69. The third-order valence-electron chi connectivity index (χ3n) is 5.14. The van der Waals surface area contributed by atoms with Crippen LogP contribution in [0.1, 0.15) is 11.1 Å². The fourth-order valence-corrected chi connectivity index (χ4v) is 3.69. The Morgan fingerprint density at radius 2 is 1.64 bits per heavy atom. The zero-order valence-electron chi connectivity index (χ0n) is 15.8. The van der Waals surface area contributed by atoms with Crippen molar-refractivity contribution in [3.05, 3.63) is 96.2 Å². The van der Waals surface area contributed by atoms with E-state index in [0.717, 1.165) is 34.5 Å². The molecule has 28 heavy (non-hydrogen) atoms. The van der Waals surface area contributed by atoms with Crippen molar-refractivity contribution in [1.29, 1.82) is 0 Å². The van der Waals surface area contributed by atoms with E-state index in [-0.39, 0.29) is 0 Å². The second kappa shape index (κ2) is 6.86. The molecule has 0 unspecified atom stereocenters. The lowest BCUT2D eigenvalue weighted by Crippen LogP contribution is -2.11. The first-order chi connectivity index (χ1) is 13.8. The molecule has 136 valence electrons. The van der Waals surface area contributed by atoms with Crippen LogP contribution >= 0.6 is 0 Å². The molecule has 5 rings (SSSR count). The summed E-state index contributed by atoms with van der Waals surface area (Å²) in [6.07, 6.45) is 6.18. The van der Waals surface area contributed by atoms with Crippen molar-refractivity contribution >= 4 is 39.7 Å². The summed E-state index contributed by atoms with van der Waals surface area (Å²) >= 11 is 0. The van der Waals surface area contributed by atoms with Crippen molar-refractivity contribution in [2.45, 2.75) is 6.92 Å². The number of pyridine rings is 1. The molecule has 1 aliphatic heterocycles. The summed E-state index contributed by atoms with van der Waals surface area (Å²) in [5.74, 6) is 0. The van der Waals surface area contributed by atoms with Crippen LogP contribution in [-0.2, 0) is 0 Å². The van der Waals surface area contributed by atoms with Gasteiger partial charge in [-0.2, -0.15) is 0 Å². The lowest BCUT2D eigenvalue weighted by Gasteiger charge is -2.27. The molecule has 0 radical (unpaired) electrons. The first kappa shape index (κ1) is 16.6. The SMILES string of the molecule is Cc1ccc(N(c2ccc3c(c2)C=CCN3)c2ccc3ncccc3c2)cc1. The minimum atomic E-state index is 0.881. The van der Waals surface area contributed by atoms with E-state index in [4.69, 9.17) is 0 Å². The van der Waals surface area contributed by atoms with E-state index in [1.807, 2.05) is 12.3 Å². The van der Waals surface area contributed by atoms with E-state index in [1.165, 1.54) is 16.8 Å².